The summed E-state index contributed by atoms with van der Waals surface area (Å²) < 4.78 is 19.2. The van der Waals surface area contributed by atoms with Gasteiger partial charge in [0.2, 0.25) is 0 Å². The minimum absolute atomic E-state index is 0.0133. The van der Waals surface area contributed by atoms with Gasteiger partial charge >= 0.3 is 17.9 Å². The largest absolute Gasteiger partial charge is 0.450 e. The van der Waals surface area contributed by atoms with Crippen LogP contribution >= 0.6 is 0 Å². The number of carbonyl (C=O) groups excluding carboxylic acids is 3. The molecule has 6 saturated heterocycles. The van der Waals surface area contributed by atoms with Gasteiger partial charge in [-0.1, -0.05) is 6.08 Å². The molecule has 12 aliphatic rings. The maximum absolute atomic E-state index is 14.6. The predicted octanol–water partition coefficient (Wildman–Crippen LogP) is 2.71. The Bertz CT molecular complexity index is 1680. The molecule has 9 heteroatoms. The van der Waals surface area contributed by atoms with Crippen LogP contribution in [0.25, 0.3) is 0 Å². The third kappa shape index (κ3) is 2.71. The average Bonchev–Trinajstić information content (AvgIpc) is 3.85. The molecule has 9 heterocycles. The molecule has 45 heavy (non-hydrogen) atoms. The van der Waals surface area contributed by atoms with E-state index in [1.807, 2.05) is 0 Å². The fourth-order valence-electron chi connectivity index (χ4n) is 13.8. The second-order valence-electron chi connectivity index (χ2n) is 16.3. The van der Waals surface area contributed by atoms with Crippen LogP contribution in [-0.2, 0) is 28.6 Å². The summed E-state index contributed by atoms with van der Waals surface area (Å²) in [4.78, 5) is 48.1. The molecule has 0 aromatic carbocycles. The van der Waals surface area contributed by atoms with Crippen LogP contribution in [0.1, 0.15) is 70.6 Å². The first-order chi connectivity index (χ1) is 21.9. The third-order valence-electron chi connectivity index (χ3n) is 15.0. The Morgan fingerprint density at radius 3 is 1.84 bits per heavy atom. The van der Waals surface area contributed by atoms with E-state index >= 15 is 0 Å². The highest BCUT2D eigenvalue weighted by atomic mass is 16.6. The molecule has 0 N–H and O–H groups in total. The van der Waals surface area contributed by atoms with Gasteiger partial charge in [0, 0.05) is 72.5 Å². The Morgan fingerprint density at radius 2 is 1.20 bits per heavy atom. The summed E-state index contributed by atoms with van der Waals surface area (Å²) in [5.74, 6) is -0.328. The molecule has 9 aliphatic heterocycles. The molecule has 0 radical (unpaired) electrons. The second-order valence-corrected chi connectivity index (χ2v) is 16.3. The highest BCUT2D eigenvalue weighted by molar-refractivity contribution is 5.97. The molecule has 3 aliphatic carbocycles. The Balaban J connectivity index is 1.05. The van der Waals surface area contributed by atoms with Gasteiger partial charge in [-0.3, -0.25) is 14.7 Å². The van der Waals surface area contributed by atoms with Crippen LogP contribution in [-0.4, -0.2) is 105 Å². The minimum atomic E-state index is -0.598. The monoisotopic (exact) mass is 609 g/mol. The molecule has 8 fully saturated rings. The van der Waals surface area contributed by atoms with E-state index in [0.29, 0.717) is 6.42 Å². The Kier molecular flexibility index (Phi) is 4.42. The normalized spacial score (nSPS) is 51.7. The van der Waals surface area contributed by atoms with E-state index in [-0.39, 0.29) is 66.0 Å². The smallest absolute Gasteiger partial charge is 0.335 e. The molecule has 9 nitrogen and oxygen atoms in total. The van der Waals surface area contributed by atoms with E-state index in [4.69, 9.17) is 14.2 Å². The predicted molar refractivity (Wildman–Crippen MR) is 158 cm³/mol. The quantitative estimate of drug-likeness (QED) is 0.347. The number of carbonyl (C=O) groups is 3. The number of rotatable bonds is 2. The van der Waals surface area contributed by atoms with Gasteiger partial charge in [0.15, 0.2) is 16.8 Å². The van der Waals surface area contributed by atoms with Gasteiger partial charge in [-0.05, 0) is 87.7 Å². The van der Waals surface area contributed by atoms with Crippen LogP contribution < -0.4 is 0 Å². The molecule has 12 rings (SSSR count). The zero-order valence-electron chi connectivity index (χ0n) is 25.5. The van der Waals surface area contributed by atoms with E-state index in [0.717, 1.165) is 95.0 Å². The lowest BCUT2D eigenvalue weighted by Crippen LogP contribution is -2.46. The molecule has 6 bridgehead atoms. The van der Waals surface area contributed by atoms with Gasteiger partial charge in [-0.25, -0.2) is 14.4 Å². The van der Waals surface area contributed by atoms with Crippen molar-refractivity contribution in [1.29, 1.82) is 0 Å². The van der Waals surface area contributed by atoms with Crippen molar-refractivity contribution in [3.05, 3.63) is 46.1 Å². The standard InChI is InChI=1S/C36H39N3O6/c40-29-12-18-10-21(24-16-34(18,43-29)26-4-2-8-38(24)26)22-14-20-15-36(28-6-1-7-37(20)28)32(22)31(33(42)45-36)23-11-19-13-30(41)44-35(19)17-25(23)39-9-3-5-27(35)39/h12-14,20-21,23-28H,1-11,15-17H2/t20-,21-,23+,24+,25+,26-,27-,28-,34+,35+,36-/m0/s1. The lowest BCUT2D eigenvalue weighted by Gasteiger charge is -2.42. The maximum Gasteiger partial charge on any atom is 0.335 e. The zero-order chi connectivity index (χ0) is 29.6. The summed E-state index contributed by atoms with van der Waals surface area (Å²) >= 11 is 0. The zero-order valence-corrected chi connectivity index (χ0v) is 25.5. The number of esters is 3. The van der Waals surface area contributed by atoms with E-state index in [2.05, 4.69) is 20.8 Å². The van der Waals surface area contributed by atoms with Crippen LogP contribution in [0.5, 0.6) is 0 Å². The van der Waals surface area contributed by atoms with Gasteiger partial charge < -0.3 is 14.2 Å². The number of fused-ring (bicyclic) bond motifs is 9. The molecule has 0 unspecified atom stereocenters. The molecule has 0 amide bonds. The number of nitrogens with zero attached hydrogens (tertiary/aromatic N) is 3. The number of hydrogen-bond donors (Lipinski definition) is 0. The summed E-state index contributed by atoms with van der Waals surface area (Å²) in [5.41, 5.74) is 4.15. The molecule has 3 spiro atoms. The first-order valence-electron chi connectivity index (χ1n) is 17.8. The van der Waals surface area contributed by atoms with Gasteiger partial charge in [0.1, 0.15) is 0 Å². The maximum atomic E-state index is 14.6. The van der Waals surface area contributed by atoms with Crippen LogP contribution in [0.2, 0.25) is 0 Å². The van der Waals surface area contributed by atoms with Gasteiger partial charge in [-0.15, -0.1) is 0 Å². The molecular formula is C36H39N3O6. The van der Waals surface area contributed by atoms with Crippen LogP contribution in [0.3, 0.4) is 0 Å². The second kappa shape index (κ2) is 7.85. The minimum Gasteiger partial charge on any atom is -0.450 e. The molecule has 234 valence electrons. The third-order valence-corrected chi connectivity index (χ3v) is 15.0. The lowest BCUT2D eigenvalue weighted by molar-refractivity contribution is -0.150. The fraction of sp³-hybridized carbons (Fsp3) is 0.694. The highest BCUT2D eigenvalue weighted by Gasteiger charge is 2.71. The van der Waals surface area contributed by atoms with Crippen molar-refractivity contribution in [3.63, 3.8) is 0 Å². The highest BCUT2D eigenvalue weighted by Crippen LogP contribution is 2.65. The van der Waals surface area contributed by atoms with Crippen molar-refractivity contribution >= 4 is 17.9 Å². The van der Waals surface area contributed by atoms with Gasteiger partial charge in [0.25, 0.3) is 0 Å². The van der Waals surface area contributed by atoms with E-state index in [9.17, 15) is 14.4 Å². The fourth-order valence-corrected chi connectivity index (χ4v) is 13.8. The summed E-state index contributed by atoms with van der Waals surface area (Å²) in [6.07, 6.45) is 16.6. The van der Waals surface area contributed by atoms with E-state index in [1.54, 1.807) is 12.2 Å². The van der Waals surface area contributed by atoms with E-state index < -0.39 is 16.8 Å². The first-order valence-corrected chi connectivity index (χ1v) is 17.8. The van der Waals surface area contributed by atoms with Crippen LogP contribution in [0, 0.1) is 11.8 Å². The summed E-state index contributed by atoms with van der Waals surface area (Å²) in [6.45, 7) is 3.09. The van der Waals surface area contributed by atoms with E-state index in [1.165, 1.54) is 16.7 Å². The lowest BCUT2D eigenvalue weighted by atomic mass is 9.63. The summed E-state index contributed by atoms with van der Waals surface area (Å²) in [7, 11) is 0. The first kappa shape index (κ1) is 25.4. The van der Waals surface area contributed by atoms with Crippen molar-refractivity contribution in [2.75, 3.05) is 19.6 Å². The van der Waals surface area contributed by atoms with Crippen LogP contribution in [0.4, 0.5) is 0 Å². The van der Waals surface area contributed by atoms with Gasteiger partial charge in [0.05, 0.1) is 18.1 Å². The summed E-state index contributed by atoms with van der Waals surface area (Å²) in [5, 5.41) is 0. The van der Waals surface area contributed by atoms with Crippen LogP contribution in [0.15, 0.2) is 46.1 Å². The Hall–Kier alpha value is -2.75. The molecule has 2 saturated carbocycles. The van der Waals surface area contributed by atoms with Crippen molar-refractivity contribution in [2.45, 2.75) is 124 Å². The molecule has 0 aromatic heterocycles. The Labute approximate surface area is 262 Å². The SMILES string of the molecule is O=C1C=C2C[C@@H](C3=C[C@H]4C[C@]5(OC(=O)C([C@@H]6CC7=CC(=O)O[C@]78C[C@H]6N6CCC[C@H]68)=C35)[C@@H]3CCCN34)[C@H]3C[C@]2(O1)[C@@H]1CCCN31. The Morgan fingerprint density at radius 1 is 0.644 bits per heavy atom. The number of hydrogen-bond acceptors (Lipinski definition) is 9. The van der Waals surface area contributed by atoms with Crippen molar-refractivity contribution < 1.29 is 28.6 Å². The summed E-state index contributed by atoms with van der Waals surface area (Å²) in [6, 6.07) is 1.44. The molecule has 11 atom stereocenters. The molecular weight excluding hydrogens is 570 g/mol. The van der Waals surface area contributed by atoms with Crippen molar-refractivity contribution in [3.8, 4) is 0 Å². The molecule has 0 aromatic rings. The van der Waals surface area contributed by atoms with Crippen molar-refractivity contribution in [1.82, 2.24) is 14.7 Å². The number of ether oxygens (including phenoxy) is 3. The topological polar surface area (TPSA) is 88.6 Å². The van der Waals surface area contributed by atoms with Crippen molar-refractivity contribution in [2.24, 2.45) is 11.8 Å². The average molecular weight is 610 g/mol. The van der Waals surface area contributed by atoms with Gasteiger partial charge in [-0.2, -0.15) is 0 Å².